The number of ether oxygens (including phenoxy) is 1. The minimum atomic E-state index is -4.41. The van der Waals surface area contributed by atoms with Crippen LogP contribution in [0.2, 0.25) is 0 Å². The predicted molar refractivity (Wildman–Crippen MR) is 162 cm³/mol. The standard InChI is InChI=1S/C33H39F3N6O/c1-22(2)25-18-23(3)19-28(20-25)43-32-37-13-10-29(39-32)31-30(24-6-8-26(9-7-24)33(34,35)36)38-21-42(31)27-11-14-41(15-12-27)17-16-40(4)5/h6-10,13,18-22,27H,11-12,14-17H2,1-5H3. The Hall–Kier alpha value is -3.76. The summed E-state index contributed by atoms with van der Waals surface area (Å²) in [7, 11) is 4.16. The molecule has 2 aromatic carbocycles. The van der Waals surface area contributed by atoms with Gasteiger partial charge in [0.05, 0.1) is 29.0 Å². The Morgan fingerprint density at radius 1 is 1.00 bits per heavy atom. The summed E-state index contributed by atoms with van der Waals surface area (Å²) < 4.78 is 48.2. The van der Waals surface area contributed by atoms with E-state index in [-0.39, 0.29) is 12.1 Å². The molecular weight excluding hydrogens is 553 g/mol. The summed E-state index contributed by atoms with van der Waals surface area (Å²) in [6.45, 7) is 10.2. The van der Waals surface area contributed by atoms with Gasteiger partial charge in [-0.2, -0.15) is 18.2 Å². The molecule has 4 aromatic rings. The highest BCUT2D eigenvalue weighted by molar-refractivity contribution is 5.77. The second kappa shape index (κ2) is 12.9. The molecule has 0 bridgehead atoms. The molecule has 1 saturated heterocycles. The molecule has 5 rings (SSSR count). The number of benzene rings is 2. The van der Waals surface area contributed by atoms with Crippen molar-refractivity contribution >= 4 is 0 Å². The van der Waals surface area contributed by atoms with Crippen molar-refractivity contribution in [3.8, 4) is 34.4 Å². The zero-order valence-corrected chi connectivity index (χ0v) is 25.4. The van der Waals surface area contributed by atoms with Crippen LogP contribution in [0.3, 0.4) is 0 Å². The second-order valence-electron chi connectivity index (χ2n) is 11.9. The SMILES string of the molecule is Cc1cc(Oc2nccc(-c3c(-c4ccc(C(F)(F)F)cc4)ncn3C3CCN(CCN(C)C)CC3)n2)cc(C(C)C)c1. The fourth-order valence-corrected chi connectivity index (χ4v) is 5.48. The molecule has 0 spiro atoms. The van der Waals surface area contributed by atoms with Crippen molar-refractivity contribution in [3.05, 3.63) is 77.7 Å². The van der Waals surface area contributed by atoms with Crippen molar-refractivity contribution in [3.63, 3.8) is 0 Å². The molecule has 3 heterocycles. The molecule has 0 N–H and O–H groups in total. The van der Waals surface area contributed by atoms with E-state index in [1.54, 1.807) is 18.6 Å². The number of rotatable bonds is 9. The van der Waals surface area contributed by atoms with Gasteiger partial charge in [-0.15, -0.1) is 0 Å². The molecule has 0 aliphatic carbocycles. The Bertz CT molecular complexity index is 1520. The van der Waals surface area contributed by atoms with E-state index < -0.39 is 11.7 Å². The summed E-state index contributed by atoms with van der Waals surface area (Å²) in [6.07, 6.45) is 0.887. The smallest absolute Gasteiger partial charge is 0.416 e. The Labute approximate surface area is 251 Å². The van der Waals surface area contributed by atoms with Gasteiger partial charge >= 0.3 is 12.2 Å². The average Bonchev–Trinajstić information content (AvgIpc) is 3.41. The summed E-state index contributed by atoms with van der Waals surface area (Å²) in [5, 5.41) is 0. The second-order valence-corrected chi connectivity index (χ2v) is 11.9. The van der Waals surface area contributed by atoms with Crippen LogP contribution >= 0.6 is 0 Å². The number of aryl methyl sites for hydroxylation is 1. The van der Waals surface area contributed by atoms with Gasteiger partial charge in [0.2, 0.25) is 0 Å². The van der Waals surface area contributed by atoms with Crippen LogP contribution in [-0.2, 0) is 6.18 Å². The van der Waals surface area contributed by atoms with E-state index >= 15 is 0 Å². The van der Waals surface area contributed by atoms with Crippen molar-refractivity contribution in [1.82, 2.24) is 29.3 Å². The summed E-state index contributed by atoms with van der Waals surface area (Å²) >= 11 is 0. The number of alkyl halides is 3. The van der Waals surface area contributed by atoms with E-state index in [9.17, 15) is 13.2 Å². The molecule has 43 heavy (non-hydrogen) atoms. The Balaban J connectivity index is 1.50. The molecule has 0 radical (unpaired) electrons. The van der Waals surface area contributed by atoms with Crippen LogP contribution in [0.5, 0.6) is 11.8 Å². The number of hydrogen-bond acceptors (Lipinski definition) is 6. The van der Waals surface area contributed by atoms with E-state index in [1.165, 1.54) is 12.1 Å². The minimum absolute atomic E-state index is 0.172. The zero-order chi connectivity index (χ0) is 30.7. The van der Waals surface area contributed by atoms with Crippen LogP contribution in [-0.4, -0.2) is 69.6 Å². The molecule has 228 valence electrons. The Kier molecular flexibility index (Phi) is 9.17. The highest BCUT2D eigenvalue weighted by atomic mass is 19.4. The first kappa shape index (κ1) is 30.7. The van der Waals surface area contributed by atoms with Gasteiger partial charge in [0.1, 0.15) is 5.75 Å². The van der Waals surface area contributed by atoms with Crippen molar-refractivity contribution in [2.24, 2.45) is 0 Å². The Morgan fingerprint density at radius 2 is 1.72 bits per heavy atom. The number of aromatic nitrogens is 4. The number of imidazole rings is 1. The molecule has 0 atom stereocenters. The van der Waals surface area contributed by atoms with Crippen LogP contribution in [0.15, 0.2) is 61.1 Å². The fourth-order valence-electron chi connectivity index (χ4n) is 5.48. The normalized spacial score (nSPS) is 15.0. The lowest BCUT2D eigenvalue weighted by atomic mass is 10.0. The van der Waals surface area contributed by atoms with Gasteiger partial charge in [-0.3, -0.25) is 0 Å². The van der Waals surface area contributed by atoms with Gasteiger partial charge in [-0.1, -0.05) is 32.0 Å². The van der Waals surface area contributed by atoms with Crippen molar-refractivity contribution < 1.29 is 17.9 Å². The van der Waals surface area contributed by atoms with E-state index in [1.807, 2.05) is 19.1 Å². The van der Waals surface area contributed by atoms with Crippen LogP contribution < -0.4 is 4.74 Å². The third-order valence-corrected chi connectivity index (χ3v) is 7.92. The van der Waals surface area contributed by atoms with Crippen molar-refractivity contribution in [2.45, 2.75) is 51.7 Å². The summed E-state index contributed by atoms with van der Waals surface area (Å²) in [5.74, 6) is 0.992. The molecule has 1 aliphatic rings. The van der Waals surface area contributed by atoms with E-state index in [4.69, 9.17) is 14.7 Å². The van der Waals surface area contributed by atoms with Gasteiger partial charge < -0.3 is 19.1 Å². The van der Waals surface area contributed by atoms with Crippen LogP contribution in [0.25, 0.3) is 22.6 Å². The first-order chi connectivity index (χ1) is 20.5. The number of likely N-dealkylation sites (tertiary alicyclic amines) is 1. The Morgan fingerprint density at radius 3 is 2.37 bits per heavy atom. The minimum Gasteiger partial charge on any atom is -0.424 e. The monoisotopic (exact) mass is 592 g/mol. The number of nitrogens with zero attached hydrogens (tertiary/aromatic N) is 6. The van der Waals surface area contributed by atoms with E-state index in [0.29, 0.717) is 28.6 Å². The van der Waals surface area contributed by atoms with Crippen LogP contribution in [0.1, 0.15) is 55.3 Å². The zero-order valence-electron chi connectivity index (χ0n) is 25.4. The maximum absolute atomic E-state index is 13.3. The molecule has 10 heteroatoms. The largest absolute Gasteiger partial charge is 0.424 e. The van der Waals surface area contributed by atoms with Gasteiger partial charge in [0.25, 0.3) is 0 Å². The quantitative estimate of drug-likeness (QED) is 0.201. The molecule has 2 aromatic heterocycles. The van der Waals surface area contributed by atoms with Gasteiger partial charge in [-0.05, 0) is 81.2 Å². The maximum atomic E-state index is 13.3. The fraction of sp³-hybridized carbons (Fsp3) is 0.424. The number of likely N-dealkylation sites (N-methyl/N-ethyl adjacent to an activating group) is 1. The number of halogens is 3. The third-order valence-electron chi connectivity index (χ3n) is 7.92. The summed E-state index contributed by atoms with van der Waals surface area (Å²) in [6, 6.07) is 13.4. The molecule has 1 fully saturated rings. The summed E-state index contributed by atoms with van der Waals surface area (Å²) in [4.78, 5) is 18.5. The van der Waals surface area contributed by atoms with Crippen LogP contribution in [0, 0.1) is 6.92 Å². The third kappa shape index (κ3) is 7.43. The lowest BCUT2D eigenvalue weighted by molar-refractivity contribution is -0.137. The topological polar surface area (TPSA) is 59.3 Å². The first-order valence-corrected chi connectivity index (χ1v) is 14.7. The van der Waals surface area contributed by atoms with E-state index in [2.05, 4.69) is 53.4 Å². The summed E-state index contributed by atoms with van der Waals surface area (Å²) in [5.41, 5.74) is 4.05. The molecule has 7 nitrogen and oxygen atoms in total. The molecule has 0 unspecified atom stereocenters. The predicted octanol–water partition coefficient (Wildman–Crippen LogP) is 7.45. The highest BCUT2D eigenvalue weighted by Gasteiger charge is 2.31. The molecular formula is C33H39F3N6O. The average molecular weight is 593 g/mol. The number of hydrogen-bond donors (Lipinski definition) is 0. The van der Waals surface area contributed by atoms with Gasteiger partial charge in [0, 0.05) is 44.0 Å². The van der Waals surface area contributed by atoms with Crippen LogP contribution in [0.4, 0.5) is 13.2 Å². The van der Waals surface area contributed by atoms with Gasteiger partial charge in [-0.25, -0.2) is 9.97 Å². The first-order valence-electron chi connectivity index (χ1n) is 14.7. The van der Waals surface area contributed by atoms with Crippen molar-refractivity contribution in [1.29, 1.82) is 0 Å². The van der Waals surface area contributed by atoms with Crippen molar-refractivity contribution in [2.75, 3.05) is 40.3 Å². The highest BCUT2D eigenvalue weighted by Crippen LogP contribution is 2.37. The van der Waals surface area contributed by atoms with E-state index in [0.717, 1.165) is 68.0 Å². The molecule has 0 amide bonds. The lowest BCUT2D eigenvalue weighted by Gasteiger charge is -2.33. The lowest BCUT2D eigenvalue weighted by Crippen LogP contribution is -2.38. The van der Waals surface area contributed by atoms with Gasteiger partial charge in [0.15, 0.2) is 0 Å². The molecule has 1 aliphatic heterocycles. The maximum Gasteiger partial charge on any atom is 0.416 e. The number of piperidine rings is 1. The molecule has 0 saturated carbocycles.